The number of hydrogen-bond donors (Lipinski definition) is 0. The van der Waals surface area contributed by atoms with Crippen molar-refractivity contribution < 1.29 is 14.3 Å². The van der Waals surface area contributed by atoms with E-state index in [1.54, 1.807) is 6.92 Å². The maximum Gasteiger partial charge on any atom is 0.352 e. The maximum atomic E-state index is 12.1. The van der Waals surface area contributed by atoms with E-state index < -0.39 is 6.10 Å². The summed E-state index contributed by atoms with van der Waals surface area (Å²) >= 11 is 0. The van der Waals surface area contributed by atoms with Crippen LogP contribution in [0.3, 0.4) is 0 Å². The summed E-state index contributed by atoms with van der Waals surface area (Å²) in [5, 5.41) is 0. The fourth-order valence-corrected chi connectivity index (χ4v) is 1.91. The predicted molar refractivity (Wildman–Crippen MR) is 77.6 cm³/mol. The van der Waals surface area contributed by atoms with E-state index in [-0.39, 0.29) is 5.97 Å². The van der Waals surface area contributed by atoms with Gasteiger partial charge in [0.05, 0.1) is 6.61 Å². The average molecular weight is 270 g/mol. The molecule has 20 heavy (non-hydrogen) atoms. The SMILES string of the molecule is CCOC(=O)[C@H](Oc1ccccc1C)c1ccccc1. The van der Waals surface area contributed by atoms with Crippen LogP contribution in [0.25, 0.3) is 0 Å². The second kappa shape index (κ2) is 6.75. The predicted octanol–water partition coefficient (Wildman–Crippen LogP) is 3.68. The molecule has 0 aliphatic heterocycles. The topological polar surface area (TPSA) is 35.5 Å². The highest BCUT2D eigenvalue weighted by molar-refractivity contribution is 5.77. The zero-order valence-electron chi connectivity index (χ0n) is 11.7. The van der Waals surface area contributed by atoms with Crippen molar-refractivity contribution in [1.82, 2.24) is 0 Å². The van der Waals surface area contributed by atoms with Crippen molar-refractivity contribution in [3.05, 3.63) is 65.7 Å². The Bertz CT molecular complexity index is 563. The number of ether oxygens (including phenoxy) is 2. The smallest absolute Gasteiger partial charge is 0.352 e. The highest BCUT2D eigenvalue weighted by Gasteiger charge is 2.24. The summed E-state index contributed by atoms with van der Waals surface area (Å²) in [5.74, 6) is 0.316. The third-order valence-electron chi connectivity index (χ3n) is 2.94. The van der Waals surface area contributed by atoms with E-state index in [0.29, 0.717) is 12.4 Å². The Morgan fingerprint density at radius 1 is 1.05 bits per heavy atom. The maximum absolute atomic E-state index is 12.1. The Hall–Kier alpha value is -2.29. The molecule has 0 fully saturated rings. The summed E-state index contributed by atoms with van der Waals surface area (Å²) in [6.07, 6.45) is -0.739. The molecule has 0 saturated carbocycles. The lowest BCUT2D eigenvalue weighted by Gasteiger charge is -2.19. The lowest BCUT2D eigenvalue weighted by molar-refractivity contribution is -0.151. The Morgan fingerprint density at radius 3 is 2.35 bits per heavy atom. The molecule has 0 saturated heterocycles. The monoisotopic (exact) mass is 270 g/mol. The molecule has 0 aromatic heterocycles. The van der Waals surface area contributed by atoms with Gasteiger partial charge in [0.15, 0.2) is 0 Å². The van der Waals surface area contributed by atoms with Gasteiger partial charge >= 0.3 is 5.97 Å². The molecule has 2 rings (SSSR count). The molecule has 0 bridgehead atoms. The lowest BCUT2D eigenvalue weighted by atomic mass is 10.1. The first-order valence-corrected chi connectivity index (χ1v) is 6.66. The summed E-state index contributed by atoms with van der Waals surface area (Å²) in [6.45, 7) is 4.07. The molecule has 2 aromatic carbocycles. The molecule has 0 N–H and O–H groups in total. The van der Waals surface area contributed by atoms with E-state index in [4.69, 9.17) is 9.47 Å². The van der Waals surface area contributed by atoms with Gasteiger partial charge in [-0.05, 0) is 25.5 Å². The van der Waals surface area contributed by atoms with Crippen LogP contribution in [0.5, 0.6) is 5.75 Å². The van der Waals surface area contributed by atoms with Gasteiger partial charge in [-0.3, -0.25) is 0 Å². The lowest BCUT2D eigenvalue weighted by Crippen LogP contribution is -2.21. The number of esters is 1. The molecule has 2 aromatic rings. The normalized spacial score (nSPS) is 11.7. The minimum atomic E-state index is -0.739. The van der Waals surface area contributed by atoms with Crippen molar-refractivity contribution in [2.75, 3.05) is 6.61 Å². The number of carbonyl (C=O) groups is 1. The van der Waals surface area contributed by atoms with E-state index in [0.717, 1.165) is 11.1 Å². The first-order valence-electron chi connectivity index (χ1n) is 6.66. The van der Waals surface area contributed by atoms with Crippen molar-refractivity contribution in [2.45, 2.75) is 20.0 Å². The quantitative estimate of drug-likeness (QED) is 0.777. The Morgan fingerprint density at radius 2 is 1.70 bits per heavy atom. The second-order valence-corrected chi connectivity index (χ2v) is 4.43. The molecule has 1 atom stereocenters. The molecule has 0 aliphatic carbocycles. The van der Waals surface area contributed by atoms with Crippen LogP contribution in [0.1, 0.15) is 24.2 Å². The van der Waals surface area contributed by atoms with Crippen LogP contribution < -0.4 is 4.74 Å². The van der Waals surface area contributed by atoms with Gasteiger partial charge in [-0.15, -0.1) is 0 Å². The van der Waals surface area contributed by atoms with Gasteiger partial charge in [0, 0.05) is 5.56 Å². The van der Waals surface area contributed by atoms with Gasteiger partial charge < -0.3 is 9.47 Å². The molecular formula is C17H18O3. The number of aryl methyl sites for hydroxylation is 1. The largest absolute Gasteiger partial charge is 0.474 e. The van der Waals surface area contributed by atoms with Crippen molar-refractivity contribution in [3.8, 4) is 5.75 Å². The molecule has 3 nitrogen and oxygen atoms in total. The highest BCUT2D eigenvalue weighted by atomic mass is 16.6. The number of hydrogen-bond acceptors (Lipinski definition) is 3. The molecule has 104 valence electrons. The third-order valence-corrected chi connectivity index (χ3v) is 2.94. The average Bonchev–Trinajstić information content (AvgIpc) is 2.47. The summed E-state index contributed by atoms with van der Waals surface area (Å²) in [5.41, 5.74) is 1.77. The second-order valence-electron chi connectivity index (χ2n) is 4.43. The zero-order valence-corrected chi connectivity index (χ0v) is 11.7. The number of carbonyl (C=O) groups excluding carboxylic acids is 1. The first-order chi connectivity index (χ1) is 9.72. The summed E-state index contributed by atoms with van der Waals surface area (Å²) in [7, 11) is 0. The van der Waals surface area contributed by atoms with E-state index in [9.17, 15) is 4.79 Å². The van der Waals surface area contributed by atoms with E-state index in [1.807, 2.05) is 61.5 Å². The van der Waals surface area contributed by atoms with Gasteiger partial charge in [-0.1, -0.05) is 48.5 Å². The van der Waals surface area contributed by atoms with Gasteiger partial charge in [0.1, 0.15) is 5.75 Å². The van der Waals surface area contributed by atoms with E-state index in [2.05, 4.69) is 0 Å². The van der Waals surface area contributed by atoms with Gasteiger partial charge in [0.2, 0.25) is 6.10 Å². The molecule has 0 aliphatic rings. The highest BCUT2D eigenvalue weighted by Crippen LogP contribution is 2.25. The fraction of sp³-hybridized carbons (Fsp3) is 0.235. The summed E-state index contributed by atoms with van der Waals surface area (Å²) < 4.78 is 11.0. The van der Waals surface area contributed by atoms with Gasteiger partial charge in [-0.25, -0.2) is 4.79 Å². The van der Waals surface area contributed by atoms with Gasteiger partial charge in [0.25, 0.3) is 0 Å². The Kier molecular flexibility index (Phi) is 4.77. The van der Waals surface area contributed by atoms with Crippen molar-refractivity contribution in [1.29, 1.82) is 0 Å². The van der Waals surface area contributed by atoms with Crippen LogP contribution in [0, 0.1) is 6.92 Å². The molecule has 0 amide bonds. The first kappa shape index (κ1) is 14.1. The molecule has 0 spiro atoms. The molecule has 3 heteroatoms. The van der Waals surface area contributed by atoms with Crippen LogP contribution in [0.4, 0.5) is 0 Å². The number of benzene rings is 2. The van der Waals surface area contributed by atoms with E-state index >= 15 is 0 Å². The fourth-order valence-electron chi connectivity index (χ4n) is 1.91. The van der Waals surface area contributed by atoms with Crippen molar-refractivity contribution >= 4 is 5.97 Å². The van der Waals surface area contributed by atoms with Crippen LogP contribution in [0.15, 0.2) is 54.6 Å². The van der Waals surface area contributed by atoms with Crippen LogP contribution in [-0.2, 0) is 9.53 Å². The Balaban J connectivity index is 2.28. The van der Waals surface area contributed by atoms with Crippen molar-refractivity contribution in [2.24, 2.45) is 0 Å². The Labute approximate surface area is 119 Å². The zero-order chi connectivity index (χ0) is 14.4. The minimum absolute atomic E-state index is 0.333. The van der Waals surface area contributed by atoms with Crippen LogP contribution in [0.2, 0.25) is 0 Å². The van der Waals surface area contributed by atoms with E-state index in [1.165, 1.54) is 0 Å². The molecule has 0 unspecified atom stereocenters. The standard InChI is InChI=1S/C17H18O3/c1-3-19-17(18)16(14-10-5-4-6-11-14)20-15-12-8-7-9-13(15)2/h4-12,16H,3H2,1-2H3/t16-/m1/s1. The van der Waals surface area contributed by atoms with Gasteiger partial charge in [-0.2, -0.15) is 0 Å². The number of rotatable bonds is 5. The van der Waals surface area contributed by atoms with Crippen LogP contribution >= 0.6 is 0 Å². The minimum Gasteiger partial charge on any atom is -0.474 e. The third kappa shape index (κ3) is 3.38. The van der Waals surface area contributed by atoms with Crippen LogP contribution in [-0.4, -0.2) is 12.6 Å². The van der Waals surface area contributed by atoms with Crippen molar-refractivity contribution in [3.63, 3.8) is 0 Å². The summed E-state index contributed by atoms with van der Waals surface area (Å²) in [4.78, 5) is 12.1. The molecular weight excluding hydrogens is 252 g/mol. The molecule has 0 radical (unpaired) electrons. The number of para-hydroxylation sites is 1. The molecule has 0 heterocycles. The summed E-state index contributed by atoms with van der Waals surface area (Å²) in [6, 6.07) is 17.0.